The minimum absolute atomic E-state index is 0.240. The van der Waals surface area contributed by atoms with Gasteiger partial charge in [-0.05, 0) is 11.6 Å². The van der Waals surface area contributed by atoms with Gasteiger partial charge in [-0.15, -0.1) is 0 Å². The van der Waals surface area contributed by atoms with Gasteiger partial charge in [0.15, 0.2) is 0 Å². The first-order valence-electron chi connectivity index (χ1n) is 3.56. The fourth-order valence-corrected chi connectivity index (χ4v) is 1.38. The van der Waals surface area contributed by atoms with E-state index in [1.807, 2.05) is 6.07 Å². The molecule has 0 spiro atoms. The van der Waals surface area contributed by atoms with Crippen molar-refractivity contribution in [1.29, 1.82) is 0 Å². The Morgan fingerprint density at radius 2 is 2.00 bits per heavy atom. The predicted octanol–water partition coefficient (Wildman–Crippen LogP) is 1.95. The molecule has 0 radical (unpaired) electrons. The standard InChI is InChI=1S/C8H10Cl2N2/c9-6-3-1-2-5(8(6)10)7(12)4-11/h1-3,7H,4,11-12H2/t7-/m0/s1. The van der Waals surface area contributed by atoms with E-state index in [4.69, 9.17) is 34.7 Å². The number of nitrogens with two attached hydrogens (primary N) is 2. The molecule has 0 aliphatic carbocycles. The van der Waals surface area contributed by atoms with E-state index in [1.54, 1.807) is 12.1 Å². The molecule has 0 saturated carbocycles. The average molecular weight is 205 g/mol. The van der Waals surface area contributed by atoms with Crippen LogP contribution >= 0.6 is 23.2 Å². The fraction of sp³-hybridized carbons (Fsp3) is 0.250. The Bertz CT molecular complexity index is 276. The molecule has 66 valence electrons. The summed E-state index contributed by atoms with van der Waals surface area (Å²) in [5.74, 6) is 0. The van der Waals surface area contributed by atoms with E-state index in [9.17, 15) is 0 Å². The quantitative estimate of drug-likeness (QED) is 0.775. The van der Waals surface area contributed by atoms with E-state index in [0.29, 0.717) is 16.6 Å². The van der Waals surface area contributed by atoms with Gasteiger partial charge in [-0.2, -0.15) is 0 Å². The van der Waals surface area contributed by atoms with Crippen LogP contribution in [0.1, 0.15) is 11.6 Å². The highest BCUT2D eigenvalue weighted by Crippen LogP contribution is 2.28. The van der Waals surface area contributed by atoms with Crippen LogP contribution in [0, 0.1) is 0 Å². The molecular formula is C8H10Cl2N2. The van der Waals surface area contributed by atoms with Gasteiger partial charge in [0.25, 0.3) is 0 Å². The van der Waals surface area contributed by atoms with Crippen molar-refractivity contribution in [3.8, 4) is 0 Å². The SMILES string of the molecule is NC[C@H](N)c1cccc(Cl)c1Cl. The van der Waals surface area contributed by atoms with Crippen molar-refractivity contribution in [3.05, 3.63) is 33.8 Å². The maximum Gasteiger partial charge on any atom is 0.0640 e. The highest BCUT2D eigenvalue weighted by atomic mass is 35.5. The third-order valence-electron chi connectivity index (χ3n) is 1.63. The number of hydrogen-bond donors (Lipinski definition) is 2. The molecule has 1 atom stereocenters. The lowest BCUT2D eigenvalue weighted by Crippen LogP contribution is -2.21. The van der Waals surface area contributed by atoms with Crippen molar-refractivity contribution in [2.75, 3.05) is 6.54 Å². The lowest BCUT2D eigenvalue weighted by atomic mass is 10.1. The van der Waals surface area contributed by atoms with E-state index in [1.165, 1.54) is 0 Å². The van der Waals surface area contributed by atoms with Crippen LogP contribution in [-0.4, -0.2) is 6.54 Å². The zero-order valence-electron chi connectivity index (χ0n) is 6.43. The van der Waals surface area contributed by atoms with Gasteiger partial charge < -0.3 is 11.5 Å². The van der Waals surface area contributed by atoms with Crippen LogP contribution in [0.15, 0.2) is 18.2 Å². The second-order valence-corrected chi connectivity index (χ2v) is 3.27. The van der Waals surface area contributed by atoms with Crippen LogP contribution < -0.4 is 11.5 Å². The summed E-state index contributed by atoms with van der Waals surface area (Å²) in [6.45, 7) is 0.361. The van der Waals surface area contributed by atoms with Crippen LogP contribution in [0.4, 0.5) is 0 Å². The third-order valence-corrected chi connectivity index (χ3v) is 2.47. The topological polar surface area (TPSA) is 52.0 Å². The van der Waals surface area contributed by atoms with E-state index in [-0.39, 0.29) is 6.04 Å². The first-order valence-corrected chi connectivity index (χ1v) is 4.32. The van der Waals surface area contributed by atoms with Crippen molar-refractivity contribution < 1.29 is 0 Å². The molecule has 0 unspecified atom stereocenters. The molecule has 0 heterocycles. The van der Waals surface area contributed by atoms with Gasteiger partial charge in [0.1, 0.15) is 0 Å². The molecule has 1 aromatic rings. The maximum absolute atomic E-state index is 5.90. The Morgan fingerprint density at radius 1 is 1.33 bits per heavy atom. The van der Waals surface area contributed by atoms with E-state index < -0.39 is 0 Å². The summed E-state index contributed by atoms with van der Waals surface area (Å²) in [6.07, 6.45) is 0. The van der Waals surface area contributed by atoms with Gasteiger partial charge in [-0.1, -0.05) is 35.3 Å². The largest absolute Gasteiger partial charge is 0.329 e. The molecule has 4 N–H and O–H groups in total. The lowest BCUT2D eigenvalue weighted by molar-refractivity contribution is 0.737. The van der Waals surface area contributed by atoms with Crippen LogP contribution in [0.5, 0.6) is 0 Å². The molecule has 0 fully saturated rings. The van der Waals surface area contributed by atoms with E-state index >= 15 is 0 Å². The molecule has 0 aliphatic heterocycles. The molecule has 0 aromatic heterocycles. The number of hydrogen-bond acceptors (Lipinski definition) is 2. The van der Waals surface area contributed by atoms with E-state index in [0.717, 1.165) is 5.56 Å². The highest BCUT2D eigenvalue weighted by Gasteiger charge is 2.09. The lowest BCUT2D eigenvalue weighted by Gasteiger charge is -2.11. The van der Waals surface area contributed by atoms with Crippen molar-refractivity contribution in [1.82, 2.24) is 0 Å². The maximum atomic E-state index is 5.90. The van der Waals surface area contributed by atoms with Crippen LogP contribution in [-0.2, 0) is 0 Å². The molecule has 1 rings (SSSR count). The van der Waals surface area contributed by atoms with E-state index in [2.05, 4.69) is 0 Å². The predicted molar refractivity (Wildman–Crippen MR) is 52.4 cm³/mol. The first kappa shape index (κ1) is 9.81. The van der Waals surface area contributed by atoms with Gasteiger partial charge in [-0.3, -0.25) is 0 Å². The monoisotopic (exact) mass is 204 g/mol. The van der Waals surface area contributed by atoms with Crippen molar-refractivity contribution in [2.24, 2.45) is 11.5 Å². The number of rotatable bonds is 2. The molecule has 4 heteroatoms. The zero-order valence-corrected chi connectivity index (χ0v) is 7.94. The third kappa shape index (κ3) is 1.90. The van der Waals surface area contributed by atoms with Crippen LogP contribution in [0.25, 0.3) is 0 Å². The summed E-state index contributed by atoms with van der Waals surface area (Å²) in [4.78, 5) is 0. The summed E-state index contributed by atoms with van der Waals surface area (Å²) < 4.78 is 0. The molecule has 12 heavy (non-hydrogen) atoms. The normalized spacial score (nSPS) is 13.0. The van der Waals surface area contributed by atoms with Gasteiger partial charge in [0.05, 0.1) is 10.0 Å². The van der Waals surface area contributed by atoms with Gasteiger partial charge >= 0.3 is 0 Å². The second kappa shape index (κ2) is 4.10. The Kier molecular flexibility index (Phi) is 3.35. The molecule has 0 amide bonds. The molecule has 0 bridgehead atoms. The summed E-state index contributed by atoms with van der Waals surface area (Å²) in [6, 6.07) is 5.11. The molecule has 0 aliphatic rings. The van der Waals surface area contributed by atoms with Crippen molar-refractivity contribution in [3.63, 3.8) is 0 Å². The summed E-state index contributed by atoms with van der Waals surface area (Å²) in [5.41, 5.74) is 11.9. The minimum atomic E-state index is -0.240. The summed E-state index contributed by atoms with van der Waals surface area (Å²) in [7, 11) is 0. The van der Waals surface area contributed by atoms with Crippen molar-refractivity contribution >= 4 is 23.2 Å². The fourth-order valence-electron chi connectivity index (χ4n) is 0.934. The summed E-state index contributed by atoms with van der Waals surface area (Å²) >= 11 is 11.7. The Morgan fingerprint density at radius 3 is 2.58 bits per heavy atom. The van der Waals surface area contributed by atoms with Gasteiger partial charge in [0.2, 0.25) is 0 Å². The molecular weight excluding hydrogens is 195 g/mol. The van der Waals surface area contributed by atoms with Gasteiger partial charge in [0, 0.05) is 12.6 Å². The van der Waals surface area contributed by atoms with Crippen molar-refractivity contribution in [2.45, 2.75) is 6.04 Å². The Hall–Kier alpha value is -0.280. The van der Waals surface area contributed by atoms with Gasteiger partial charge in [-0.25, -0.2) is 0 Å². The Balaban J connectivity index is 3.07. The Labute approximate surface area is 81.4 Å². The first-order chi connectivity index (χ1) is 5.66. The molecule has 0 saturated heterocycles. The average Bonchev–Trinajstić information content (AvgIpc) is 2.08. The minimum Gasteiger partial charge on any atom is -0.329 e. The van der Waals surface area contributed by atoms with Crippen LogP contribution in [0.2, 0.25) is 10.0 Å². The molecule has 1 aromatic carbocycles. The highest BCUT2D eigenvalue weighted by molar-refractivity contribution is 6.42. The summed E-state index contributed by atoms with van der Waals surface area (Å²) in [5, 5.41) is 1.01. The zero-order chi connectivity index (χ0) is 9.14. The smallest absolute Gasteiger partial charge is 0.0640 e. The molecule has 2 nitrogen and oxygen atoms in total. The van der Waals surface area contributed by atoms with Crippen LogP contribution in [0.3, 0.4) is 0 Å². The number of halogens is 2. The second-order valence-electron chi connectivity index (χ2n) is 2.49. The number of benzene rings is 1.